The Morgan fingerprint density at radius 1 is 1.12 bits per heavy atom. The van der Waals surface area contributed by atoms with E-state index in [-0.39, 0.29) is 0 Å². The fraction of sp³-hybridized carbons (Fsp3) is 1.00. The maximum atomic E-state index is 3.46. The Morgan fingerprint density at radius 2 is 2.12 bits per heavy atom. The molecule has 0 aromatic heterocycles. The molecule has 2 atom stereocenters. The minimum atomic E-state index is 0.823. The highest BCUT2D eigenvalue weighted by Crippen LogP contribution is 2.14. The third-order valence-corrected chi connectivity index (χ3v) is 2.18. The molecule has 0 aromatic rings. The molecule has 0 amide bonds. The maximum Gasteiger partial charge on any atom is 0.0346 e. The molecular weight excluding hydrogens is 100 g/mol. The number of piperidine rings is 1. The molecule has 2 fully saturated rings. The van der Waals surface area contributed by atoms with Crippen molar-refractivity contribution in [2.45, 2.75) is 24.9 Å². The van der Waals surface area contributed by atoms with Gasteiger partial charge in [-0.25, -0.2) is 0 Å². The Balaban J connectivity index is 1.92. The van der Waals surface area contributed by atoms with Crippen molar-refractivity contribution in [3.8, 4) is 0 Å². The molecule has 2 rings (SSSR count). The molecule has 0 aromatic carbocycles. The zero-order valence-electron chi connectivity index (χ0n) is 4.98. The van der Waals surface area contributed by atoms with Gasteiger partial charge < -0.3 is 10.6 Å². The van der Waals surface area contributed by atoms with Crippen LogP contribution in [0, 0.1) is 0 Å². The first-order valence-corrected chi connectivity index (χ1v) is 3.43. The van der Waals surface area contributed by atoms with Crippen molar-refractivity contribution in [1.82, 2.24) is 10.6 Å². The highest BCUT2D eigenvalue weighted by molar-refractivity contribution is 4.96. The first-order chi connectivity index (χ1) is 3.97. The molecule has 46 valence electrons. The molecule has 0 unspecified atom stereocenters. The van der Waals surface area contributed by atoms with Crippen molar-refractivity contribution in [2.75, 3.05) is 13.1 Å². The van der Waals surface area contributed by atoms with Crippen LogP contribution < -0.4 is 10.6 Å². The third kappa shape index (κ3) is 0.565. The van der Waals surface area contributed by atoms with Crippen molar-refractivity contribution in [1.29, 1.82) is 0 Å². The first kappa shape index (κ1) is 4.77. The van der Waals surface area contributed by atoms with E-state index in [2.05, 4.69) is 10.6 Å². The van der Waals surface area contributed by atoms with Crippen molar-refractivity contribution in [2.24, 2.45) is 0 Å². The largest absolute Gasteiger partial charge is 0.311 e. The van der Waals surface area contributed by atoms with Gasteiger partial charge in [-0.2, -0.15) is 0 Å². The van der Waals surface area contributed by atoms with E-state index in [0.717, 1.165) is 12.1 Å². The standard InChI is InChI=1S/C6H12N2/c1-2-5-6(4-8-5)7-3-1/h5-8H,1-4H2/t5-,6+/m0/s1. The van der Waals surface area contributed by atoms with Gasteiger partial charge >= 0.3 is 0 Å². The highest BCUT2D eigenvalue weighted by atomic mass is 15.1. The minimum Gasteiger partial charge on any atom is -0.311 e. The van der Waals surface area contributed by atoms with E-state index >= 15 is 0 Å². The second kappa shape index (κ2) is 1.71. The Kier molecular flexibility index (Phi) is 1.02. The molecule has 2 aliphatic heterocycles. The Bertz CT molecular complexity index is 80.5. The van der Waals surface area contributed by atoms with Crippen LogP contribution in [0.1, 0.15) is 12.8 Å². The van der Waals surface area contributed by atoms with Crippen molar-refractivity contribution in [3.63, 3.8) is 0 Å². The minimum absolute atomic E-state index is 0.823. The molecule has 2 nitrogen and oxygen atoms in total. The van der Waals surface area contributed by atoms with E-state index < -0.39 is 0 Å². The highest BCUT2D eigenvalue weighted by Gasteiger charge is 2.31. The number of rotatable bonds is 0. The van der Waals surface area contributed by atoms with Crippen LogP contribution in [0.3, 0.4) is 0 Å². The lowest BCUT2D eigenvalue weighted by Gasteiger charge is -2.42. The molecule has 8 heavy (non-hydrogen) atoms. The molecule has 0 bridgehead atoms. The molecule has 2 aliphatic rings. The lowest BCUT2D eigenvalue weighted by atomic mass is 9.92. The van der Waals surface area contributed by atoms with Crippen molar-refractivity contribution >= 4 is 0 Å². The number of hydrogen-bond donors (Lipinski definition) is 2. The summed E-state index contributed by atoms with van der Waals surface area (Å²) < 4.78 is 0. The van der Waals surface area contributed by atoms with Gasteiger partial charge in [-0.15, -0.1) is 0 Å². The van der Waals surface area contributed by atoms with Crippen LogP contribution in [-0.2, 0) is 0 Å². The molecule has 2 N–H and O–H groups in total. The summed E-state index contributed by atoms with van der Waals surface area (Å²) in [5.41, 5.74) is 0. The average molecular weight is 112 g/mol. The summed E-state index contributed by atoms with van der Waals surface area (Å²) in [6.45, 7) is 2.44. The molecule has 0 aliphatic carbocycles. The summed E-state index contributed by atoms with van der Waals surface area (Å²) in [7, 11) is 0. The molecule has 2 heterocycles. The van der Waals surface area contributed by atoms with E-state index in [9.17, 15) is 0 Å². The van der Waals surface area contributed by atoms with Crippen molar-refractivity contribution < 1.29 is 0 Å². The number of nitrogens with one attached hydrogen (secondary N) is 2. The SMILES string of the molecule is C1CN[C@@H]2CN[C@H]2C1. The summed E-state index contributed by atoms with van der Waals surface area (Å²) >= 11 is 0. The second-order valence-corrected chi connectivity index (χ2v) is 2.72. The molecule has 2 saturated heterocycles. The van der Waals surface area contributed by atoms with Crippen LogP contribution in [0.25, 0.3) is 0 Å². The topological polar surface area (TPSA) is 24.1 Å². The van der Waals surface area contributed by atoms with Gasteiger partial charge in [0.15, 0.2) is 0 Å². The van der Waals surface area contributed by atoms with Crippen LogP contribution in [0.4, 0.5) is 0 Å². The summed E-state index contributed by atoms with van der Waals surface area (Å²) in [4.78, 5) is 0. The lowest BCUT2D eigenvalue weighted by Crippen LogP contribution is -2.66. The number of hydrogen-bond acceptors (Lipinski definition) is 2. The van der Waals surface area contributed by atoms with Gasteiger partial charge in [0.1, 0.15) is 0 Å². The fourth-order valence-corrected chi connectivity index (χ4v) is 1.53. The third-order valence-electron chi connectivity index (χ3n) is 2.18. The van der Waals surface area contributed by atoms with Crippen LogP contribution in [0.5, 0.6) is 0 Å². The Morgan fingerprint density at radius 3 is 2.50 bits per heavy atom. The first-order valence-electron chi connectivity index (χ1n) is 3.43. The van der Waals surface area contributed by atoms with Crippen LogP contribution in [0.2, 0.25) is 0 Å². The smallest absolute Gasteiger partial charge is 0.0346 e. The lowest BCUT2D eigenvalue weighted by molar-refractivity contribution is 0.210. The summed E-state index contributed by atoms with van der Waals surface area (Å²) in [6, 6.07) is 1.65. The average Bonchev–Trinajstić information content (AvgIpc) is 1.72. The van der Waals surface area contributed by atoms with Crippen molar-refractivity contribution in [3.05, 3.63) is 0 Å². The zero-order chi connectivity index (χ0) is 5.40. The number of fused-ring (bicyclic) bond motifs is 1. The molecule has 0 spiro atoms. The molecule has 2 heteroatoms. The summed E-state index contributed by atoms with van der Waals surface area (Å²) in [6.07, 6.45) is 2.74. The van der Waals surface area contributed by atoms with Crippen LogP contribution >= 0.6 is 0 Å². The van der Waals surface area contributed by atoms with Gasteiger partial charge in [-0.1, -0.05) is 0 Å². The predicted octanol–water partition coefficient (Wildman–Crippen LogP) is -0.290. The summed E-state index contributed by atoms with van der Waals surface area (Å²) in [5, 5.41) is 6.84. The van der Waals surface area contributed by atoms with Gasteiger partial charge in [0.05, 0.1) is 0 Å². The quantitative estimate of drug-likeness (QED) is 0.450. The van der Waals surface area contributed by atoms with Gasteiger partial charge in [-0.3, -0.25) is 0 Å². The van der Waals surface area contributed by atoms with E-state index in [1.807, 2.05) is 0 Å². The molecule has 0 radical (unpaired) electrons. The second-order valence-electron chi connectivity index (χ2n) is 2.72. The monoisotopic (exact) mass is 112 g/mol. The van der Waals surface area contributed by atoms with Gasteiger partial charge in [0.2, 0.25) is 0 Å². The zero-order valence-corrected chi connectivity index (χ0v) is 4.98. The van der Waals surface area contributed by atoms with Crippen LogP contribution in [0.15, 0.2) is 0 Å². The van der Waals surface area contributed by atoms with E-state index in [1.54, 1.807) is 0 Å². The molecule has 0 saturated carbocycles. The fourth-order valence-electron chi connectivity index (χ4n) is 1.53. The van der Waals surface area contributed by atoms with Gasteiger partial charge in [-0.05, 0) is 19.4 Å². The summed E-state index contributed by atoms with van der Waals surface area (Å²) in [5.74, 6) is 0. The predicted molar refractivity (Wildman–Crippen MR) is 32.8 cm³/mol. The van der Waals surface area contributed by atoms with E-state index in [4.69, 9.17) is 0 Å². The maximum absolute atomic E-state index is 3.46. The van der Waals surface area contributed by atoms with Gasteiger partial charge in [0.25, 0.3) is 0 Å². The molecular formula is C6H12N2. The Labute approximate surface area is 49.7 Å². The van der Waals surface area contributed by atoms with E-state index in [1.165, 1.54) is 25.9 Å². The van der Waals surface area contributed by atoms with Crippen LogP contribution in [-0.4, -0.2) is 25.2 Å². The Hall–Kier alpha value is -0.0800. The van der Waals surface area contributed by atoms with E-state index in [0.29, 0.717) is 0 Å². The normalized spacial score (nSPS) is 45.0. The van der Waals surface area contributed by atoms with Gasteiger partial charge in [0, 0.05) is 18.6 Å².